The van der Waals surface area contributed by atoms with Crippen LogP contribution in [0.4, 0.5) is 11.6 Å². The van der Waals surface area contributed by atoms with E-state index in [1.165, 1.54) is 5.69 Å². The van der Waals surface area contributed by atoms with E-state index in [1.54, 1.807) is 29.3 Å². The molecule has 5 rings (SSSR count). The summed E-state index contributed by atoms with van der Waals surface area (Å²) < 4.78 is 1.04. The molecule has 0 bridgehead atoms. The molecular weight excluding hydrogens is 402 g/mol. The van der Waals surface area contributed by atoms with Crippen molar-refractivity contribution in [1.82, 2.24) is 15.0 Å². The van der Waals surface area contributed by atoms with Crippen LogP contribution in [0.15, 0.2) is 28.7 Å². The van der Waals surface area contributed by atoms with Gasteiger partial charge in [-0.15, -0.1) is 11.3 Å². The zero-order chi connectivity index (χ0) is 19.6. The van der Waals surface area contributed by atoms with Gasteiger partial charge in [-0.2, -0.15) is 5.26 Å². The number of thiophene rings is 1. The number of aryl methyl sites for hydroxylation is 1. The number of aromatic nitrogens is 3. The van der Waals surface area contributed by atoms with Crippen LogP contribution in [0.5, 0.6) is 0 Å². The number of aromatic amines is 1. The fourth-order valence-corrected chi connectivity index (χ4v) is 5.38. The zero-order valence-corrected chi connectivity index (χ0v) is 17.2. The van der Waals surface area contributed by atoms with Crippen LogP contribution in [0.1, 0.15) is 29.8 Å². The highest BCUT2D eigenvalue weighted by molar-refractivity contribution is 8.15. The summed E-state index contributed by atoms with van der Waals surface area (Å²) in [6, 6.07) is 4.22. The molecule has 2 aliphatic rings. The Balaban J connectivity index is 1.16. The quantitative estimate of drug-likeness (QED) is 0.570. The molecule has 146 valence electrons. The van der Waals surface area contributed by atoms with E-state index in [2.05, 4.69) is 48.8 Å². The van der Waals surface area contributed by atoms with Gasteiger partial charge in [0.2, 0.25) is 5.95 Å². The SMILES string of the molecule is N#Cc1cnc2ccsc2c1NCCC1CN=C(Nc2nc3c([nH]2)CCC=C3)S1. The highest BCUT2D eigenvalue weighted by Crippen LogP contribution is 2.31. The predicted molar refractivity (Wildman–Crippen MR) is 121 cm³/mol. The number of hydrogen-bond acceptors (Lipinski definition) is 8. The third-order valence-electron chi connectivity index (χ3n) is 4.95. The number of nitriles is 1. The first-order valence-corrected chi connectivity index (χ1v) is 11.3. The molecule has 0 aromatic carbocycles. The summed E-state index contributed by atoms with van der Waals surface area (Å²) in [4.78, 5) is 16.9. The van der Waals surface area contributed by atoms with Crippen LogP contribution in [0.25, 0.3) is 16.3 Å². The second-order valence-corrected chi connectivity index (χ2v) is 9.12. The largest absolute Gasteiger partial charge is 0.383 e. The summed E-state index contributed by atoms with van der Waals surface area (Å²) >= 11 is 3.36. The molecule has 0 radical (unpaired) electrons. The number of anilines is 2. The average molecular weight is 422 g/mol. The Morgan fingerprint density at radius 2 is 2.34 bits per heavy atom. The smallest absolute Gasteiger partial charge is 0.207 e. The van der Waals surface area contributed by atoms with Gasteiger partial charge < -0.3 is 15.6 Å². The van der Waals surface area contributed by atoms with Crippen molar-refractivity contribution in [3.63, 3.8) is 0 Å². The monoisotopic (exact) mass is 421 g/mol. The number of H-pyrrole nitrogens is 1. The minimum Gasteiger partial charge on any atom is -0.383 e. The molecule has 3 aromatic rings. The number of aliphatic imine (C=N–C) groups is 1. The number of amidine groups is 1. The lowest BCUT2D eigenvalue weighted by atomic mass is 10.1. The molecule has 1 unspecified atom stereocenters. The van der Waals surface area contributed by atoms with Crippen molar-refractivity contribution in [2.24, 2.45) is 4.99 Å². The van der Waals surface area contributed by atoms with Gasteiger partial charge in [0, 0.05) is 23.7 Å². The van der Waals surface area contributed by atoms with Gasteiger partial charge in [-0.1, -0.05) is 17.8 Å². The summed E-state index contributed by atoms with van der Waals surface area (Å²) in [7, 11) is 0. The maximum Gasteiger partial charge on any atom is 0.207 e. The lowest BCUT2D eigenvalue weighted by molar-refractivity contribution is 0.806. The van der Waals surface area contributed by atoms with Crippen molar-refractivity contribution in [2.75, 3.05) is 23.7 Å². The summed E-state index contributed by atoms with van der Waals surface area (Å²) in [6.07, 6.45) is 8.88. The first kappa shape index (κ1) is 18.2. The number of imidazole rings is 1. The summed E-state index contributed by atoms with van der Waals surface area (Å²) in [6.45, 7) is 1.57. The number of fused-ring (bicyclic) bond motifs is 2. The standard InChI is InChI=1S/C20H19N7S2/c21-9-12-10-23-16-6-8-28-18(16)17(12)22-7-5-13-11-24-20(29-13)27-19-25-14-3-1-2-4-15(14)26-19/h1,3,6,8,10,13H,2,4-5,7,11H2,(H,22,23)(H2,24,25,26,27). The Bertz CT molecular complexity index is 1150. The van der Waals surface area contributed by atoms with Crippen LogP contribution in [-0.4, -0.2) is 38.5 Å². The van der Waals surface area contributed by atoms with Crippen LogP contribution in [-0.2, 0) is 6.42 Å². The van der Waals surface area contributed by atoms with Crippen molar-refractivity contribution >= 4 is 56.2 Å². The van der Waals surface area contributed by atoms with Crippen LogP contribution < -0.4 is 10.6 Å². The summed E-state index contributed by atoms with van der Waals surface area (Å²) in [5.41, 5.74) is 4.62. The number of thioether (sulfide) groups is 1. The van der Waals surface area contributed by atoms with Crippen molar-refractivity contribution in [2.45, 2.75) is 24.5 Å². The van der Waals surface area contributed by atoms with Crippen LogP contribution in [0, 0.1) is 11.3 Å². The zero-order valence-electron chi connectivity index (χ0n) is 15.6. The van der Waals surface area contributed by atoms with Crippen molar-refractivity contribution in [3.8, 4) is 6.07 Å². The van der Waals surface area contributed by atoms with E-state index in [0.29, 0.717) is 10.8 Å². The highest BCUT2D eigenvalue weighted by atomic mass is 32.2. The number of hydrogen-bond donors (Lipinski definition) is 3. The van der Waals surface area contributed by atoms with Gasteiger partial charge in [0.25, 0.3) is 0 Å². The number of rotatable bonds is 5. The summed E-state index contributed by atoms with van der Waals surface area (Å²) in [5, 5.41) is 19.5. The van der Waals surface area contributed by atoms with E-state index in [-0.39, 0.29) is 0 Å². The molecule has 9 heteroatoms. The van der Waals surface area contributed by atoms with Gasteiger partial charge in [-0.3, -0.25) is 9.98 Å². The van der Waals surface area contributed by atoms with E-state index in [1.807, 2.05) is 11.4 Å². The molecule has 0 amide bonds. The number of nitrogens with one attached hydrogen (secondary N) is 3. The van der Waals surface area contributed by atoms with E-state index in [0.717, 1.165) is 65.1 Å². The van der Waals surface area contributed by atoms with E-state index in [4.69, 9.17) is 0 Å². The third-order valence-corrected chi connectivity index (χ3v) is 7.05. The lowest BCUT2D eigenvalue weighted by Crippen LogP contribution is -2.13. The minimum atomic E-state index is 0.403. The van der Waals surface area contributed by atoms with Crippen molar-refractivity contribution in [1.29, 1.82) is 5.26 Å². The molecule has 1 aliphatic heterocycles. The molecule has 1 atom stereocenters. The van der Waals surface area contributed by atoms with Gasteiger partial charge in [0.1, 0.15) is 6.07 Å². The molecule has 3 aromatic heterocycles. The molecule has 0 saturated heterocycles. The van der Waals surface area contributed by atoms with Crippen LogP contribution >= 0.6 is 23.1 Å². The fourth-order valence-electron chi connectivity index (χ4n) is 3.50. The second kappa shape index (κ2) is 7.89. The highest BCUT2D eigenvalue weighted by Gasteiger charge is 2.21. The molecular formula is C20H19N7S2. The molecule has 4 heterocycles. The maximum atomic E-state index is 9.39. The molecule has 3 N–H and O–H groups in total. The molecule has 0 fully saturated rings. The topological polar surface area (TPSA) is 102 Å². The molecule has 7 nitrogen and oxygen atoms in total. The van der Waals surface area contributed by atoms with Gasteiger partial charge in [-0.25, -0.2) is 4.98 Å². The Morgan fingerprint density at radius 3 is 3.24 bits per heavy atom. The first-order chi connectivity index (χ1) is 14.3. The molecule has 29 heavy (non-hydrogen) atoms. The Morgan fingerprint density at radius 1 is 1.38 bits per heavy atom. The van der Waals surface area contributed by atoms with Crippen LogP contribution in [0.3, 0.4) is 0 Å². The minimum absolute atomic E-state index is 0.403. The third kappa shape index (κ3) is 3.73. The van der Waals surface area contributed by atoms with Gasteiger partial charge in [-0.05, 0) is 36.8 Å². The van der Waals surface area contributed by atoms with Gasteiger partial charge in [0.15, 0.2) is 5.17 Å². The Hall–Kier alpha value is -2.83. The number of pyridine rings is 1. The maximum absolute atomic E-state index is 9.39. The predicted octanol–water partition coefficient (Wildman–Crippen LogP) is 4.24. The average Bonchev–Trinajstić information content (AvgIpc) is 3.47. The normalized spacial score (nSPS) is 17.8. The van der Waals surface area contributed by atoms with Crippen LogP contribution in [0.2, 0.25) is 0 Å². The molecule has 0 spiro atoms. The number of allylic oxidation sites excluding steroid dienone is 1. The van der Waals surface area contributed by atoms with E-state index in [9.17, 15) is 5.26 Å². The Kier molecular flexibility index (Phi) is 4.96. The fraction of sp³-hybridized carbons (Fsp3) is 0.300. The first-order valence-electron chi connectivity index (χ1n) is 9.54. The lowest BCUT2D eigenvalue weighted by Gasteiger charge is -2.12. The van der Waals surface area contributed by atoms with Crippen molar-refractivity contribution in [3.05, 3.63) is 40.7 Å². The summed E-state index contributed by atoms with van der Waals surface area (Å²) in [5.74, 6) is 0.766. The van der Waals surface area contributed by atoms with Gasteiger partial charge >= 0.3 is 0 Å². The Labute approximate surface area is 176 Å². The number of nitrogens with zero attached hydrogens (tertiary/aromatic N) is 4. The molecule has 1 aliphatic carbocycles. The van der Waals surface area contributed by atoms with E-state index < -0.39 is 0 Å². The molecule has 0 saturated carbocycles. The second-order valence-electron chi connectivity index (χ2n) is 6.91. The van der Waals surface area contributed by atoms with E-state index >= 15 is 0 Å². The van der Waals surface area contributed by atoms with Gasteiger partial charge in [0.05, 0.1) is 33.7 Å². The van der Waals surface area contributed by atoms with Crippen molar-refractivity contribution < 1.29 is 0 Å².